The topological polar surface area (TPSA) is 53.5 Å². The summed E-state index contributed by atoms with van der Waals surface area (Å²) in [6, 6.07) is 11.7. The molecule has 0 aliphatic carbocycles. The molecular weight excluding hydrogens is 314 g/mol. The van der Waals surface area contributed by atoms with E-state index in [-0.39, 0.29) is 6.04 Å². The van der Waals surface area contributed by atoms with Gasteiger partial charge in [-0.15, -0.1) is 0 Å². The Labute approximate surface area is 148 Å². The zero-order valence-electron chi connectivity index (χ0n) is 14.7. The quantitative estimate of drug-likeness (QED) is 0.805. The molecule has 0 spiro atoms. The summed E-state index contributed by atoms with van der Waals surface area (Å²) in [5, 5.41) is 0. The molecule has 1 aliphatic rings. The van der Waals surface area contributed by atoms with Crippen molar-refractivity contribution in [1.82, 2.24) is 9.88 Å². The molecular formula is C20H23N3O2. The zero-order chi connectivity index (χ0) is 17.8. The Hall–Kier alpha value is -2.69. The Morgan fingerprint density at radius 3 is 2.64 bits per heavy atom. The Kier molecular flexibility index (Phi) is 5.12. The summed E-state index contributed by atoms with van der Waals surface area (Å²) >= 11 is 0. The molecule has 2 amide bonds. The van der Waals surface area contributed by atoms with Crippen LogP contribution in [0.5, 0.6) is 0 Å². The number of rotatable bonds is 4. The summed E-state index contributed by atoms with van der Waals surface area (Å²) in [5.74, 6) is -0.867. The van der Waals surface area contributed by atoms with Gasteiger partial charge in [-0.2, -0.15) is 0 Å². The standard InChI is InChI=1S/C20H23N3O2/c1-3-22(13-10-16-8-11-21-12-9-16)19(24)20(25)23-15(2)14-17-6-4-5-7-18(17)23/h4-9,11-12,15H,3,10,13-14H2,1-2H3. The van der Waals surface area contributed by atoms with Crippen molar-refractivity contribution in [2.75, 3.05) is 18.0 Å². The molecule has 1 aliphatic heterocycles. The molecule has 5 heteroatoms. The number of amides is 2. The van der Waals surface area contributed by atoms with Gasteiger partial charge in [-0.3, -0.25) is 14.6 Å². The van der Waals surface area contributed by atoms with Crippen molar-refractivity contribution in [3.8, 4) is 0 Å². The first-order valence-corrected chi connectivity index (χ1v) is 8.71. The number of aromatic nitrogens is 1. The van der Waals surface area contributed by atoms with E-state index in [0.29, 0.717) is 19.5 Å². The van der Waals surface area contributed by atoms with Crippen molar-refractivity contribution >= 4 is 17.5 Å². The van der Waals surface area contributed by atoms with E-state index in [1.165, 1.54) is 0 Å². The predicted octanol–water partition coefficient (Wildman–Crippen LogP) is 2.45. The van der Waals surface area contributed by atoms with Crippen LogP contribution in [0.4, 0.5) is 5.69 Å². The van der Waals surface area contributed by atoms with Crippen molar-refractivity contribution in [2.24, 2.45) is 0 Å². The van der Waals surface area contributed by atoms with Crippen LogP contribution in [0, 0.1) is 0 Å². The lowest BCUT2D eigenvalue weighted by atomic mass is 10.1. The summed E-state index contributed by atoms with van der Waals surface area (Å²) in [5.41, 5.74) is 3.09. The number of carbonyl (C=O) groups is 2. The molecule has 0 saturated heterocycles. The Morgan fingerprint density at radius 2 is 1.92 bits per heavy atom. The van der Waals surface area contributed by atoms with Gasteiger partial charge in [0.1, 0.15) is 0 Å². The number of hydrogen-bond donors (Lipinski definition) is 0. The van der Waals surface area contributed by atoms with E-state index in [4.69, 9.17) is 0 Å². The second-order valence-electron chi connectivity index (χ2n) is 6.35. The van der Waals surface area contributed by atoms with Crippen LogP contribution in [0.2, 0.25) is 0 Å². The molecule has 130 valence electrons. The molecule has 3 rings (SSSR count). The van der Waals surface area contributed by atoms with Gasteiger partial charge in [0, 0.05) is 37.2 Å². The van der Waals surface area contributed by atoms with Crippen molar-refractivity contribution in [3.05, 3.63) is 59.9 Å². The number of anilines is 1. The summed E-state index contributed by atoms with van der Waals surface area (Å²) in [7, 11) is 0. The molecule has 1 atom stereocenters. The van der Waals surface area contributed by atoms with Gasteiger partial charge in [0.05, 0.1) is 0 Å². The van der Waals surface area contributed by atoms with E-state index < -0.39 is 11.8 Å². The number of carbonyl (C=O) groups excluding carboxylic acids is 2. The first-order valence-electron chi connectivity index (χ1n) is 8.71. The maximum Gasteiger partial charge on any atom is 0.316 e. The first-order chi connectivity index (χ1) is 12.1. The molecule has 0 bridgehead atoms. The minimum atomic E-state index is -0.436. The third kappa shape index (κ3) is 3.55. The van der Waals surface area contributed by atoms with Crippen molar-refractivity contribution in [3.63, 3.8) is 0 Å². The third-order valence-electron chi connectivity index (χ3n) is 4.70. The third-order valence-corrected chi connectivity index (χ3v) is 4.70. The minimum absolute atomic E-state index is 0.00718. The lowest BCUT2D eigenvalue weighted by molar-refractivity contribution is -0.144. The molecule has 1 aromatic heterocycles. The molecule has 0 N–H and O–H groups in total. The number of nitrogens with zero attached hydrogens (tertiary/aromatic N) is 3. The number of para-hydroxylation sites is 1. The van der Waals surface area contributed by atoms with Crippen molar-refractivity contribution < 1.29 is 9.59 Å². The van der Waals surface area contributed by atoms with Crippen LogP contribution in [0.15, 0.2) is 48.8 Å². The van der Waals surface area contributed by atoms with E-state index in [9.17, 15) is 9.59 Å². The molecule has 1 unspecified atom stereocenters. The summed E-state index contributed by atoms with van der Waals surface area (Å²) in [6.45, 7) is 4.92. The lowest BCUT2D eigenvalue weighted by Gasteiger charge is -2.26. The van der Waals surface area contributed by atoms with Crippen LogP contribution < -0.4 is 4.90 Å². The predicted molar refractivity (Wildman–Crippen MR) is 97.3 cm³/mol. The van der Waals surface area contributed by atoms with Crippen molar-refractivity contribution in [2.45, 2.75) is 32.7 Å². The van der Waals surface area contributed by atoms with Gasteiger partial charge < -0.3 is 9.80 Å². The highest BCUT2D eigenvalue weighted by Crippen LogP contribution is 2.32. The van der Waals surface area contributed by atoms with Gasteiger partial charge in [-0.1, -0.05) is 18.2 Å². The molecule has 0 saturated carbocycles. The van der Waals surface area contributed by atoms with E-state index in [2.05, 4.69) is 4.98 Å². The van der Waals surface area contributed by atoms with Crippen LogP contribution in [0.1, 0.15) is 25.0 Å². The van der Waals surface area contributed by atoms with Crippen molar-refractivity contribution in [1.29, 1.82) is 0 Å². The largest absolute Gasteiger partial charge is 0.334 e. The fourth-order valence-corrected chi connectivity index (χ4v) is 3.33. The van der Waals surface area contributed by atoms with Crippen LogP contribution in [-0.4, -0.2) is 40.8 Å². The SMILES string of the molecule is CCN(CCc1ccncc1)C(=O)C(=O)N1c2ccccc2CC1C. The summed E-state index contributed by atoms with van der Waals surface area (Å²) in [6.07, 6.45) is 4.97. The molecule has 1 aromatic carbocycles. The molecule has 5 nitrogen and oxygen atoms in total. The fourth-order valence-electron chi connectivity index (χ4n) is 3.33. The lowest BCUT2D eigenvalue weighted by Crippen LogP contribution is -2.48. The highest BCUT2D eigenvalue weighted by Gasteiger charge is 2.35. The monoisotopic (exact) mass is 337 g/mol. The van der Waals surface area contributed by atoms with Crippen LogP contribution in [-0.2, 0) is 22.4 Å². The summed E-state index contributed by atoms with van der Waals surface area (Å²) < 4.78 is 0. The smallest absolute Gasteiger partial charge is 0.316 e. The van der Waals surface area contributed by atoms with Gasteiger partial charge >= 0.3 is 11.8 Å². The zero-order valence-corrected chi connectivity index (χ0v) is 14.7. The number of pyridine rings is 1. The number of fused-ring (bicyclic) bond motifs is 1. The van der Waals surface area contributed by atoms with Gasteiger partial charge in [-0.25, -0.2) is 0 Å². The fraction of sp³-hybridized carbons (Fsp3) is 0.350. The average Bonchev–Trinajstić information content (AvgIpc) is 2.98. The summed E-state index contributed by atoms with van der Waals surface area (Å²) in [4.78, 5) is 32.9. The minimum Gasteiger partial charge on any atom is -0.334 e. The van der Waals surface area contributed by atoms with Crippen LogP contribution >= 0.6 is 0 Å². The van der Waals surface area contributed by atoms with Crippen LogP contribution in [0.3, 0.4) is 0 Å². The van der Waals surface area contributed by atoms with Gasteiger partial charge in [0.2, 0.25) is 0 Å². The van der Waals surface area contributed by atoms with E-state index in [1.807, 2.05) is 50.2 Å². The highest BCUT2D eigenvalue weighted by molar-refractivity contribution is 6.40. The molecule has 0 fully saturated rings. The first kappa shape index (κ1) is 17.1. The Bertz CT molecular complexity index is 761. The second-order valence-corrected chi connectivity index (χ2v) is 6.35. The van der Waals surface area contributed by atoms with Gasteiger partial charge in [-0.05, 0) is 56.0 Å². The van der Waals surface area contributed by atoms with Crippen LogP contribution in [0.25, 0.3) is 0 Å². The number of hydrogen-bond acceptors (Lipinski definition) is 3. The van der Waals surface area contributed by atoms with E-state index in [0.717, 1.165) is 23.2 Å². The van der Waals surface area contributed by atoms with Gasteiger partial charge in [0.15, 0.2) is 0 Å². The maximum atomic E-state index is 12.9. The van der Waals surface area contributed by atoms with Gasteiger partial charge in [0.25, 0.3) is 0 Å². The second kappa shape index (κ2) is 7.47. The highest BCUT2D eigenvalue weighted by atomic mass is 16.2. The number of benzene rings is 1. The normalized spacial score (nSPS) is 15.8. The maximum absolute atomic E-state index is 12.9. The Balaban J connectivity index is 1.71. The van der Waals surface area contributed by atoms with E-state index in [1.54, 1.807) is 22.2 Å². The molecule has 25 heavy (non-hydrogen) atoms. The Morgan fingerprint density at radius 1 is 1.20 bits per heavy atom. The molecule has 0 radical (unpaired) electrons. The number of likely N-dealkylation sites (N-methyl/N-ethyl adjacent to an activating group) is 1. The average molecular weight is 337 g/mol. The molecule has 2 aromatic rings. The molecule has 2 heterocycles. The van der Waals surface area contributed by atoms with E-state index >= 15 is 0 Å².